The van der Waals surface area contributed by atoms with E-state index in [-0.39, 0.29) is 36.7 Å². The van der Waals surface area contributed by atoms with Crippen LogP contribution in [0.2, 0.25) is 0 Å². The number of ether oxygens (including phenoxy) is 1. The molecular formula is C15H16F4N2O3. The molecule has 0 bridgehead atoms. The van der Waals surface area contributed by atoms with Gasteiger partial charge in [0.25, 0.3) is 0 Å². The number of nitrogens with zero attached hydrogens (tertiary/aromatic N) is 2. The molecule has 1 aromatic carbocycles. The molecule has 0 spiro atoms. The van der Waals surface area contributed by atoms with Crippen molar-refractivity contribution in [2.24, 2.45) is 0 Å². The molecule has 1 N–H and O–H groups in total. The summed E-state index contributed by atoms with van der Waals surface area (Å²) < 4.78 is 60.3. The summed E-state index contributed by atoms with van der Waals surface area (Å²) in [5.74, 6) is -0.0222. The largest absolute Gasteiger partial charge is 0.494 e. The van der Waals surface area contributed by atoms with Crippen molar-refractivity contribution in [1.82, 2.24) is 10.2 Å². The second-order valence-corrected chi connectivity index (χ2v) is 5.19. The van der Waals surface area contributed by atoms with E-state index in [1.807, 2.05) is 0 Å². The van der Waals surface area contributed by atoms with Crippen molar-refractivity contribution in [3.63, 3.8) is 0 Å². The second kappa shape index (κ2) is 7.61. The van der Waals surface area contributed by atoms with Crippen LogP contribution < -0.4 is 4.74 Å². The highest BCUT2D eigenvalue weighted by Crippen LogP contribution is 2.26. The minimum atomic E-state index is -4.24. The first-order valence-electron chi connectivity index (χ1n) is 7.20. The maximum absolute atomic E-state index is 13.8. The van der Waals surface area contributed by atoms with Gasteiger partial charge in [0.2, 0.25) is 11.8 Å². The Morgan fingerprint density at radius 3 is 2.67 bits per heavy atom. The van der Waals surface area contributed by atoms with Gasteiger partial charge in [-0.25, -0.2) is 4.39 Å². The van der Waals surface area contributed by atoms with Crippen molar-refractivity contribution in [3.05, 3.63) is 41.4 Å². The Balaban J connectivity index is 1.97. The standard InChI is InChI=1S/C15H16F4N2O3/c1-9-20-21-14(24-9)8-13(22)11-7-10(3-4-12(11)16)23-6-2-5-15(17,18)19/h3-4,7,13,22H,2,5-6,8H2,1H3/t13-/m1/s1. The molecule has 1 atom stereocenters. The van der Waals surface area contributed by atoms with Gasteiger partial charge in [-0.2, -0.15) is 13.2 Å². The van der Waals surface area contributed by atoms with Crippen LogP contribution in [0.3, 0.4) is 0 Å². The third-order valence-corrected chi connectivity index (χ3v) is 3.14. The molecule has 5 nitrogen and oxygen atoms in total. The summed E-state index contributed by atoms with van der Waals surface area (Å²) in [6.45, 7) is 1.42. The molecule has 2 rings (SSSR count). The average molecular weight is 348 g/mol. The van der Waals surface area contributed by atoms with E-state index in [4.69, 9.17) is 9.15 Å². The summed E-state index contributed by atoms with van der Waals surface area (Å²) in [5.41, 5.74) is -0.0563. The molecule has 0 saturated heterocycles. The van der Waals surface area contributed by atoms with E-state index in [0.29, 0.717) is 5.89 Å². The fraction of sp³-hybridized carbons (Fsp3) is 0.467. The van der Waals surface area contributed by atoms with Gasteiger partial charge in [-0.3, -0.25) is 0 Å². The van der Waals surface area contributed by atoms with E-state index in [1.54, 1.807) is 6.92 Å². The van der Waals surface area contributed by atoms with Gasteiger partial charge in [0.1, 0.15) is 11.6 Å². The molecule has 132 valence electrons. The fourth-order valence-electron chi connectivity index (χ4n) is 2.02. The van der Waals surface area contributed by atoms with Gasteiger partial charge in [-0.15, -0.1) is 10.2 Å². The van der Waals surface area contributed by atoms with E-state index in [2.05, 4.69) is 10.2 Å². The zero-order valence-corrected chi connectivity index (χ0v) is 12.8. The van der Waals surface area contributed by atoms with Crippen LogP contribution in [0.5, 0.6) is 5.75 Å². The minimum absolute atomic E-state index is 0.0563. The minimum Gasteiger partial charge on any atom is -0.494 e. The number of aliphatic hydroxyl groups excluding tert-OH is 1. The number of benzene rings is 1. The predicted octanol–water partition coefficient (Wildman–Crippen LogP) is 3.51. The van der Waals surface area contributed by atoms with E-state index < -0.39 is 24.5 Å². The molecule has 1 heterocycles. The first kappa shape index (κ1) is 18.2. The molecule has 0 aliphatic rings. The number of aliphatic hydroxyl groups is 1. The lowest BCUT2D eigenvalue weighted by Crippen LogP contribution is -2.10. The highest BCUT2D eigenvalue weighted by molar-refractivity contribution is 5.31. The lowest BCUT2D eigenvalue weighted by molar-refractivity contribution is -0.136. The summed E-state index contributed by atoms with van der Waals surface area (Å²) in [7, 11) is 0. The van der Waals surface area contributed by atoms with Crippen LogP contribution in [-0.4, -0.2) is 28.1 Å². The lowest BCUT2D eigenvalue weighted by atomic mass is 10.1. The maximum Gasteiger partial charge on any atom is 0.389 e. The smallest absolute Gasteiger partial charge is 0.389 e. The van der Waals surface area contributed by atoms with E-state index in [9.17, 15) is 22.7 Å². The van der Waals surface area contributed by atoms with Crippen molar-refractivity contribution in [1.29, 1.82) is 0 Å². The summed E-state index contributed by atoms with van der Waals surface area (Å²) in [6, 6.07) is 3.61. The second-order valence-electron chi connectivity index (χ2n) is 5.19. The van der Waals surface area contributed by atoms with Crippen molar-refractivity contribution >= 4 is 0 Å². The number of alkyl halides is 3. The Kier molecular flexibility index (Phi) is 5.76. The third kappa shape index (κ3) is 5.48. The number of aromatic nitrogens is 2. The quantitative estimate of drug-likeness (QED) is 0.613. The molecule has 0 fully saturated rings. The third-order valence-electron chi connectivity index (χ3n) is 3.14. The Labute approximate surface area is 135 Å². The Morgan fingerprint density at radius 2 is 2.04 bits per heavy atom. The van der Waals surface area contributed by atoms with Gasteiger partial charge in [0.15, 0.2) is 0 Å². The summed E-state index contributed by atoms with van der Waals surface area (Å²) >= 11 is 0. The lowest BCUT2D eigenvalue weighted by Gasteiger charge is -2.13. The number of rotatable bonds is 7. The molecule has 9 heteroatoms. The summed E-state index contributed by atoms with van der Waals surface area (Å²) in [5, 5.41) is 17.4. The zero-order valence-electron chi connectivity index (χ0n) is 12.8. The molecule has 0 aliphatic carbocycles. The highest BCUT2D eigenvalue weighted by atomic mass is 19.4. The van der Waals surface area contributed by atoms with Crippen LogP contribution in [-0.2, 0) is 6.42 Å². The normalized spacial score (nSPS) is 13.1. The van der Waals surface area contributed by atoms with Crippen molar-refractivity contribution in [2.45, 2.75) is 38.5 Å². The Morgan fingerprint density at radius 1 is 1.29 bits per heavy atom. The molecule has 0 saturated carbocycles. The number of aryl methyl sites for hydroxylation is 1. The average Bonchev–Trinajstić information content (AvgIpc) is 2.89. The van der Waals surface area contributed by atoms with Crippen molar-refractivity contribution in [2.75, 3.05) is 6.61 Å². The maximum atomic E-state index is 13.8. The molecule has 0 radical (unpaired) electrons. The number of halogens is 4. The molecule has 0 unspecified atom stereocenters. The zero-order chi connectivity index (χ0) is 17.7. The van der Waals surface area contributed by atoms with Gasteiger partial charge in [0.05, 0.1) is 19.1 Å². The van der Waals surface area contributed by atoms with Gasteiger partial charge < -0.3 is 14.3 Å². The first-order chi connectivity index (χ1) is 11.2. The first-order valence-corrected chi connectivity index (χ1v) is 7.20. The molecule has 0 aliphatic heterocycles. The van der Waals surface area contributed by atoms with Crippen LogP contribution in [0, 0.1) is 12.7 Å². The summed E-state index contributed by atoms with van der Waals surface area (Å²) in [6.07, 6.45) is -6.74. The molecule has 1 aromatic heterocycles. The van der Waals surface area contributed by atoms with Gasteiger partial charge in [-0.1, -0.05) is 0 Å². The number of hydrogen-bond acceptors (Lipinski definition) is 5. The van der Waals surface area contributed by atoms with E-state index >= 15 is 0 Å². The van der Waals surface area contributed by atoms with Crippen LogP contribution in [0.15, 0.2) is 22.6 Å². The van der Waals surface area contributed by atoms with Crippen LogP contribution >= 0.6 is 0 Å². The Bertz CT molecular complexity index is 673. The van der Waals surface area contributed by atoms with Crippen LogP contribution in [0.25, 0.3) is 0 Å². The monoisotopic (exact) mass is 348 g/mol. The van der Waals surface area contributed by atoms with Crippen LogP contribution in [0.4, 0.5) is 17.6 Å². The van der Waals surface area contributed by atoms with Gasteiger partial charge >= 0.3 is 6.18 Å². The SMILES string of the molecule is Cc1nnc(C[C@@H](O)c2cc(OCCCC(F)(F)F)ccc2F)o1. The highest BCUT2D eigenvalue weighted by Gasteiger charge is 2.26. The predicted molar refractivity (Wildman–Crippen MR) is 74.9 cm³/mol. The molecule has 0 amide bonds. The van der Waals surface area contributed by atoms with Crippen molar-refractivity contribution in [3.8, 4) is 5.75 Å². The topological polar surface area (TPSA) is 68.4 Å². The molecule has 2 aromatic rings. The number of hydrogen-bond donors (Lipinski definition) is 1. The van der Waals surface area contributed by atoms with E-state index in [0.717, 1.165) is 6.07 Å². The fourth-order valence-corrected chi connectivity index (χ4v) is 2.02. The Hall–Kier alpha value is -2.16. The molecular weight excluding hydrogens is 332 g/mol. The van der Waals surface area contributed by atoms with E-state index in [1.165, 1.54) is 12.1 Å². The van der Waals surface area contributed by atoms with Crippen molar-refractivity contribution < 1.29 is 31.8 Å². The van der Waals surface area contributed by atoms with Crippen LogP contribution in [0.1, 0.15) is 36.3 Å². The van der Waals surface area contributed by atoms with Gasteiger partial charge in [-0.05, 0) is 24.6 Å². The summed E-state index contributed by atoms with van der Waals surface area (Å²) in [4.78, 5) is 0. The van der Waals surface area contributed by atoms with Gasteiger partial charge in [0, 0.05) is 18.9 Å². The molecule has 24 heavy (non-hydrogen) atoms.